The Labute approximate surface area is 274 Å². The maximum atomic E-state index is 12.9. The third-order valence-electron chi connectivity index (χ3n) is 6.98. The van der Waals surface area contributed by atoms with Crippen LogP contribution in [0.5, 0.6) is 0 Å². The van der Waals surface area contributed by atoms with Crippen LogP contribution in [0.3, 0.4) is 0 Å². The number of rotatable bonds is 8. The summed E-state index contributed by atoms with van der Waals surface area (Å²) in [6.45, 7) is 3.61. The summed E-state index contributed by atoms with van der Waals surface area (Å²) in [5.41, 5.74) is 5.25. The molecule has 4 aromatic rings. The number of hydrogen-bond acceptors (Lipinski definition) is 7. The molecule has 0 fully saturated rings. The van der Waals surface area contributed by atoms with Crippen LogP contribution in [-0.2, 0) is 9.59 Å². The number of hydrogen-bond donors (Lipinski definition) is 2. The van der Waals surface area contributed by atoms with Gasteiger partial charge in [0.25, 0.3) is 11.8 Å². The SMILES string of the molecule is CC1=NN(c2ccc(Cl)cc2)C(=O)/C1=C\Nc1ccc(Sc2ccc(N/C=C3\C(=O)N(c4ccc(Cl)cc4)N=C3C)cc2)cc1. The molecule has 2 amide bonds. The van der Waals surface area contributed by atoms with Crippen LogP contribution in [0, 0.1) is 0 Å². The lowest BCUT2D eigenvalue weighted by atomic mass is 10.2. The first-order chi connectivity index (χ1) is 21.7. The molecule has 4 aromatic carbocycles. The van der Waals surface area contributed by atoms with Crippen LogP contribution in [0.2, 0.25) is 10.0 Å². The molecule has 0 radical (unpaired) electrons. The number of carbonyl (C=O) groups is 2. The highest BCUT2D eigenvalue weighted by Crippen LogP contribution is 2.31. The van der Waals surface area contributed by atoms with E-state index < -0.39 is 0 Å². The van der Waals surface area contributed by atoms with E-state index in [-0.39, 0.29) is 11.8 Å². The highest BCUT2D eigenvalue weighted by Gasteiger charge is 2.29. The van der Waals surface area contributed by atoms with Crippen molar-refractivity contribution < 1.29 is 9.59 Å². The molecule has 224 valence electrons. The van der Waals surface area contributed by atoms with Gasteiger partial charge in [-0.2, -0.15) is 20.2 Å². The number of halogens is 2. The first-order valence-electron chi connectivity index (χ1n) is 13.9. The van der Waals surface area contributed by atoms with E-state index in [9.17, 15) is 9.59 Å². The zero-order valence-electron chi connectivity index (χ0n) is 24.2. The van der Waals surface area contributed by atoms with E-state index in [1.54, 1.807) is 86.5 Å². The van der Waals surface area contributed by atoms with Gasteiger partial charge in [-0.3, -0.25) is 9.59 Å². The van der Waals surface area contributed by atoms with Crippen molar-refractivity contribution in [3.05, 3.63) is 131 Å². The van der Waals surface area contributed by atoms with Gasteiger partial charge < -0.3 is 10.6 Å². The zero-order chi connectivity index (χ0) is 31.5. The van der Waals surface area contributed by atoms with Crippen molar-refractivity contribution in [3.8, 4) is 0 Å². The Balaban J connectivity index is 1.04. The summed E-state index contributed by atoms with van der Waals surface area (Å²) in [5, 5.41) is 19.2. The Morgan fingerprint density at radius 1 is 0.578 bits per heavy atom. The summed E-state index contributed by atoms with van der Waals surface area (Å²) in [5.74, 6) is -0.414. The minimum Gasteiger partial charge on any atom is -0.361 e. The van der Waals surface area contributed by atoms with E-state index in [1.807, 2.05) is 48.5 Å². The van der Waals surface area contributed by atoms with Gasteiger partial charge in [-0.05, 0) is 111 Å². The molecule has 0 atom stereocenters. The molecular weight excluding hydrogens is 627 g/mol. The quantitative estimate of drug-likeness (QED) is 0.186. The van der Waals surface area contributed by atoms with Crippen LogP contribution in [0.4, 0.5) is 22.7 Å². The first kappa shape index (κ1) is 30.2. The average Bonchev–Trinajstić information content (AvgIpc) is 3.49. The summed E-state index contributed by atoms with van der Waals surface area (Å²) in [6, 6.07) is 29.8. The molecule has 0 spiro atoms. The molecule has 2 heterocycles. The second kappa shape index (κ2) is 13.0. The van der Waals surface area contributed by atoms with Crippen molar-refractivity contribution in [1.82, 2.24) is 0 Å². The summed E-state index contributed by atoms with van der Waals surface area (Å²) in [7, 11) is 0. The van der Waals surface area contributed by atoms with E-state index in [0.29, 0.717) is 44.0 Å². The Morgan fingerprint density at radius 2 is 0.933 bits per heavy atom. The van der Waals surface area contributed by atoms with Gasteiger partial charge in [0, 0.05) is 43.6 Å². The van der Waals surface area contributed by atoms with Crippen LogP contribution in [0.15, 0.2) is 141 Å². The fourth-order valence-corrected chi connectivity index (χ4v) is 5.64. The molecule has 0 saturated carbocycles. The van der Waals surface area contributed by atoms with Crippen molar-refractivity contribution in [1.29, 1.82) is 0 Å². The smallest absolute Gasteiger partial charge is 0.282 e. The second-order valence-corrected chi connectivity index (χ2v) is 12.1. The largest absolute Gasteiger partial charge is 0.361 e. The van der Waals surface area contributed by atoms with Gasteiger partial charge in [-0.25, -0.2) is 0 Å². The fraction of sp³-hybridized carbons (Fsp3) is 0.0588. The summed E-state index contributed by atoms with van der Waals surface area (Å²) in [6.07, 6.45) is 3.37. The standard InChI is InChI=1S/C34H26Cl2N6O2S/c1-21-31(33(43)41(39-21)27-11-3-23(35)4-12-27)19-37-25-7-15-29(16-8-25)45-30-17-9-26(10-18-30)38-20-32-22(2)40-42(34(32)44)28-13-5-24(36)6-14-28/h3-20,37-38H,1-2H3/b31-19-,32-20-. The number of carbonyl (C=O) groups excluding carboxylic acids is 2. The average molecular weight is 654 g/mol. The maximum Gasteiger partial charge on any atom is 0.282 e. The van der Waals surface area contributed by atoms with Gasteiger partial charge in [0.2, 0.25) is 0 Å². The van der Waals surface area contributed by atoms with Gasteiger partial charge in [0.05, 0.1) is 33.9 Å². The Morgan fingerprint density at radius 3 is 1.29 bits per heavy atom. The molecule has 11 heteroatoms. The third kappa shape index (κ3) is 6.81. The summed E-state index contributed by atoms with van der Waals surface area (Å²) < 4.78 is 0. The third-order valence-corrected chi connectivity index (χ3v) is 8.50. The predicted octanol–water partition coefficient (Wildman–Crippen LogP) is 8.58. The van der Waals surface area contributed by atoms with Crippen LogP contribution < -0.4 is 20.7 Å². The van der Waals surface area contributed by atoms with E-state index in [2.05, 4.69) is 20.8 Å². The van der Waals surface area contributed by atoms with Crippen LogP contribution in [0.1, 0.15) is 13.8 Å². The number of anilines is 4. The summed E-state index contributed by atoms with van der Waals surface area (Å²) in [4.78, 5) is 28.0. The van der Waals surface area contributed by atoms with E-state index >= 15 is 0 Å². The molecule has 0 saturated heterocycles. The van der Waals surface area contributed by atoms with Gasteiger partial charge in [-0.1, -0.05) is 35.0 Å². The fourth-order valence-electron chi connectivity index (χ4n) is 4.57. The topological polar surface area (TPSA) is 89.4 Å². The molecule has 2 N–H and O–H groups in total. The lowest BCUT2D eigenvalue weighted by molar-refractivity contribution is -0.115. The van der Waals surface area contributed by atoms with Crippen LogP contribution in [0.25, 0.3) is 0 Å². The van der Waals surface area contributed by atoms with Crippen molar-refractivity contribution >= 4 is 81.0 Å². The van der Waals surface area contributed by atoms with E-state index in [0.717, 1.165) is 21.2 Å². The van der Waals surface area contributed by atoms with Gasteiger partial charge in [-0.15, -0.1) is 0 Å². The number of nitrogens with one attached hydrogen (secondary N) is 2. The highest BCUT2D eigenvalue weighted by molar-refractivity contribution is 7.99. The lowest BCUT2D eigenvalue weighted by Crippen LogP contribution is -2.21. The van der Waals surface area contributed by atoms with Gasteiger partial charge >= 0.3 is 0 Å². The Bertz CT molecular complexity index is 1750. The monoisotopic (exact) mass is 652 g/mol. The van der Waals surface area contributed by atoms with Crippen LogP contribution >= 0.6 is 35.0 Å². The number of benzene rings is 4. The predicted molar refractivity (Wildman–Crippen MR) is 185 cm³/mol. The minimum atomic E-state index is -0.207. The zero-order valence-corrected chi connectivity index (χ0v) is 26.5. The van der Waals surface area contributed by atoms with Crippen molar-refractivity contribution in [3.63, 3.8) is 0 Å². The van der Waals surface area contributed by atoms with Gasteiger partial charge in [0.1, 0.15) is 0 Å². The molecule has 0 aromatic heterocycles. The first-order valence-corrected chi connectivity index (χ1v) is 15.4. The normalized spacial score (nSPS) is 16.4. The lowest BCUT2D eigenvalue weighted by Gasteiger charge is -2.11. The molecule has 2 aliphatic heterocycles. The minimum absolute atomic E-state index is 0.207. The molecule has 0 bridgehead atoms. The number of amides is 2. The highest BCUT2D eigenvalue weighted by atomic mass is 35.5. The number of hydrazone groups is 2. The van der Waals surface area contributed by atoms with Crippen molar-refractivity contribution in [2.24, 2.45) is 10.2 Å². The van der Waals surface area contributed by atoms with Crippen molar-refractivity contribution in [2.45, 2.75) is 23.6 Å². The van der Waals surface area contributed by atoms with Gasteiger partial charge in [0.15, 0.2) is 0 Å². The molecule has 8 nitrogen and oxygen atoms in total. The summed E-state index contributed by atoms with van der Waals surface area (Å²) >= 11 is 13.6. The van der Waals surface area contributed by atoms with E-state index in [4.69, 9.17) is 23.2 Å². The molecule has 6 rings (SSSR count). The molecule has 0 unspecified atom stereocenters. The maximum absolute atomic E-state index is 12.9. The number of nitrogens with zero attached hydrogens (tertiary/aromatic N) is 4. The van der Waals surface area contributed by atoms with Crippen LogP contribution in [-0.4, -0.2) is 23.2 Å². The van der Waals surface area contributed by atoms with E-state index in [1.165, 1.54) is 10.0 Å². The van der Waals surface area contributed by atoms with Crippen molar-refractivity contribution in [2.75, 3.05) is 20.7 Å². The Kier molecular flexibility index (Phi) is 8.75. The molecule has 45 heavy (non-hydrogen) atoms. The molecule has 2 aliphatic rings. The molecular formula is C34H26Cl2N6O2S. The molecule has 0 aliphatic carbocycles. The Hall–Kier alpha value is -4.83. The second-order valence-electron chi connectivity index (χ2n) is 10.1.